The van der Waals surface area contributed by atoms with Gasteiger partial charge in [-0.15, -0.1) is 0 Å². The Bertz CT molecular complexity index is 2450. The van der Waals surface area contributed by atoms with Crippen LogP contribution < -0.4 is 20.7 Å². The quantitative estimate of drug-likeness (QED) is 0.0576. The van der Waals surface area contributed by atoms with Crippen molar-refractivity contribution in [2.24, 2.45) is 5.92 Å². The van der Waals surface area contributed by atoms with E-state index in [-0.39, 0.29) is 18.1 Å². The molecule has 6 aromatic rings. The fourth-order valence-electron chi connectivity index (χ4n) is 7.96. The SMILES string of the molecule is COc1ccc(C(OC[C@H]2O[C@@H](n3ccc(=O)[nH]c3=O)[C@H](CC(=O)OC(c3ccccc3)c3ccccc3)[C@@H]2O[Si](C)(C)C(C)(C)C)(c2ccccc2)c2ccc(OC)cc2)cc1. The summed E-state index contributed by atoms with van der Waals surface area (Å²) in [4.78, 5) is 43.0. The smallest absolute Gasteiger partial charge is 0.330 e. The van der Waals surface area contributed by atoms with Gasteiger partial charge in [0.25, 0.3) is 5.56 Å². The molecule has 1 aromatic heterocycles. The van der Waals surface area contributed by atoms with Crippen LogP contribution in [0.25, 0.3) is 0 Å². The maximum absolute atomic E-state index is 14.5. The molecule has 63 heavy (non-hydrogen) atoms. The Kier molecular flexibility index (Phi) is 13.7. The highest BCUT2D eigenvalue weighted by Gasteiger charge is 2.53. The maximum atomic E-state index is 14.5. The lowest BCUT2D eigenvalue weighted by atomic mass is 9.80. The van der Waals surface area contributed by atoms with Gasteiger partial charge in [0.1, 0.15) is 29.4 Å². The lowest BCUT2D eigenvalue weighted by Gasteiger charge is -2.41. The van der Waals surface area contributed by atoms with E-state index in [9.17, 15) is 14.4 Å². The van der Waals surface area contributed by atoms with E-state index in [1.807, 2.05) is 140 Å². The maximum Gasteiger partial charge on any atom is 0.330 e. The second-order valence-electron chi connectivity index (χ2n) is 17.3. The molecule has 1 aliphatic rings. The van der Waals surface area contributed by atoms with Crippen LogP contribution in [0, 0.1) is 5.92 Å². The fraction of sp³-hybridized carbons (Fsp3) is 0.314. The van der Waals surface area contributed by atoms with Crippen LogP contribution in [0.5, 0.6) is 11.5 Å². The summed E-state index contributed by atoms with van der Waals surface area (Å²) >= 11 is 0. The molecule has 1 saturated heterocycles. The highest BCUT2D eigenvalue weighted by molar-refractivity contribution is 6.74. The summed E-state index contributed by atoms with van der Waals surface area (Å²) in [6, 6.07) is 45.8. The molecule has 5 aromatic carbocycles. The van der Waals surface area contributed by atoms with Gasteiger partial charge < -0.3 is 28.1 Å². The highest BCUT2D eigenvalue weighted by atomic mass is 28.4. The van der Waals surface area contributed by atoms with E-state index >= 15 is 0 Å². The summed E-state index contributed by atoms with van der Waals surface area (Å²) in [6.45, 7) is 10.7. The van der Waals surface area contributed by atoms with Gasteiger partial charge in [-0.25, -0.2) is 4.79 Å². The van der Waals surface area contributed by atoms with Crippen LogP contribution in [-0.2, 0) is 29.0 Å². The number of hydrogen-bond acceptors (Lipinski definition) is 9. The summed E-state index contributed by atoms with van der Waals surface area (Å²) in [5, 5.41) is -0.248. The van der Waals surface area contributed by atoms with Crippen molar-refractivity contribution in [3.63, 3.8) is 0 Å². The number of nitrogens with zero attached hydrogens (tertiary/aromatic N) is 1. The molecule has 1 N–H and O–H groups in total. The number of H-pyrrole nitrogens is 1. The van der Waals surface area contributed by atoms with Crippen molar-refractivity contribution in [2.75, 3.05) is 20.8 Å². The molecule has 0 saturated carbocycles. The molecule has 328 valence electrons. The highest BCUT2D eigenvalue weighted by Crippen LogP contribution is 2.47. The number of rotatable bonds is 16. The summed E-state index contributed by atoms with van der Waals surface area (Å²) in [5.74, 6) is 0.0968. The van der Waals surface area contributed by atoms with Gasteiger partial charge in [0.05, 0.1) is 33.4 Å². The molecule has 0 spiro atoms. The molecule has 1 aliphatic heterocycles. The minimum absolute atomic E-state index is 0.0386. The zero-order valence-corrected chi connectivity index (χ0v) is 37.9. The van der Waals surface area contributed by atoms with E-state index in [1.54, 1.807) is 14.2 Å². The number of aromatic nitrogens is 2. The molecule has 0 aliphatic carbocycles. The van der Waals surface area contributed by atoms with Gasteiger partial charge in [0.2, 0.25) is 0 Å². The Morgan fingerprint density at radius 2 is 1.21 bits per heavy atom. The number of carbonyl (C=O) groups is 1. The average molecular weight is 869 g/mol. The molecule has 0 radical (unpaired) electrons. The third-order valence-corrected chi connectivity index (χ3v) is 16.8. The molecule has 0 amide bonds. The van der Waals surface area contributed by atoms with Crippen molar-refractivity contribution in [3.05, 3.63) is 200 Å². The van der Waals surface area contributed by atoms with E-state index in [1.165, 1.54) is 16.8 Å². The van der Waals surface area contributed by atoms with Crippen LogP contribution in [0.3, 0.4) is 0 Å². The minimum atomic E-state index is -2.64. The third kappa shape index (κ3) is 9.79. The van der Waals surface area contributed by atoms with Crippen molar-refractivity contribution in [1.82, 2.24) is 9.55 Å². The summed E-state index contributed by atoms with van der Waals surface area (Å²) in [7, 11) is 0.605. The van der Waals surface area contributed by atoms with Crippen molar-refractivity contribution in [2.45, 2.75) is 75.5 Å². The molecule has 12 heteroatoms. The molecule has 7 rings (SSSR count). The molecule has 0 unspecified atom stereocenters. The predicted molar refractivity (Wildman–Crippen MR) is 244 cm³/mol. The number of benzene rings is 5. The monoisotopic (exact) mass is 868 g/mol. The second-order valence-corrected chi connectivity index (χ2v) is 22.1. The number of ether oxygens (including phenoxy) is 5. The molecule has 2 heterocycles. The van der Waals surface area contributed by atoms with Crippen LogP contribution in [0.2, 0.25) is 18.1 Å². The topological polar surface area (TPSA) is 127 Å². The van der Waals surface area contributed by atoms with Crippen LogP contribution in [-0.4, -0.2) is 56.9 Å². The molecule has 0 bridgehead atoms. The van der Waals surface area contributed by atoms with E-state index in [2.05, 4.69) is 38.8 Å². The first-order valence-electron chi connectivity index (χ1n) is 21.2. The second kappa shape index (κ2) is 19.1. The van der Waals surface area contributed by atoms with Gasteiger partial charge in [-0.3, -0.25) is 19.1 Å². The summed E-state index contributed by atoms with van der Waals surface area (Å²) < 4.78 is 40.5. The Morgan fingerprint density at radius 3 is 1.68 bits per heavy atom. The lowest BCUT2D eigenvalue weighted by Crippen LogP contribution is -2.49. The zero-order valence-electron chi connectivity index (χ0n) is 36.9. The van der Waals surface area contributed by atoms with Crippen LogP contribution in [0.4, 0.5) is 0 Å². The predicted octanol–water partition coefficient (Wildman–Crippen LogP) is 9.19. The first-order chi connectivity index (χ1) is 30.2. The van der Waals surface area contributed by atoms with E-state index in [4.69, 9.17) is 28.1 Å². The van der Waals surface area contributed by atoms with Gasteiger partial charge in [-0.2, -0.15) is 0 Å². The Balaban J connectivity index is 1.34. The number of esters is 1. The Labute approximate surface area is 369 Å². The number of carbonyl (C=O) groups excluding carboxylic acids is 1. The Hall–Kier alpha value is -6.05. The van der Waals surface area contributed by atoms with Gasteiger partial charge in [-0.05, 0) is 70.2 Å². The van der Waals surface area contributed by atoms with E-state index in [0.29, 0.717) is 11.5 Å². The summed E-state index contributed by atoms with van der Waals surface area (Å²) in [6.07, 6.45) is -2.12. The van der Waals surface area contributed by atoms with Gasteiger partial charge >= 0.3 is 11.7 Å². The van der Waals surface area contributed by atoms with Gasteiger partial charge in [0.15, 0.2) is 14.4 Å². The first-order valence-corrected chi connectivity index (χ1v) is 24.1. The number of aromatic amines is 1. The van der Waals surface area contributed by atoms with Gasteiger partial charge in [0, 0.05) is 18.2 Å². The molecule has 11 nitrogen and oxygen atoms in total. The third-order valence-electron chi connectivity index (χ3n) is 12.3. The lowest BCUT2D eigenvalue weighted by molar-refractivity contribution is -0.150. The van der Waals surface area contributed by atoms with Crippen LogP contribution in [0.1, 0.15) is 67.3 Å². The number of hydrogen-bond donors (Lipinski definition) is 1. The van der Waals surface area contributed by atoms with Crippen molar-refractivity contribution >= 4 is 14.3 Å². The molecule has 4 atom stereocenters. The average Bonchev–Trinajstić information content (AvgIpc) is 3.61. The number of methoxy groups -OCH3 is 2. The Morgan fingerprint density at radius 1 is 0.714 bits per heavy atom. The van der Waals surface area contributed by atoms with Gasteiger partial charge in [-0.1, -0.05) is 136 Å². The number of nitrogens with one attached hydrogen (secondary N) is 1. The normalized spacial score (nSPS) is 18.0. The summed E-state index contributed by atoms with van der Waals surface area (Å²) in [5.41, 5.74) is 1.67. The van der Waals surface area contributed by atoms with Crippen molar-refractivity contribution in [3.8, 4) is 11.5 Å². The first kappa shape index (κ1) is 45.0. The zero-order chi connectivity index (χ0) is 44.8. The van der Waals surface area contributed by atoms with Crippen molar-refractivity contribution in [1.29, 1.82) is 0 Å². The van der Waals surface area contributed by atoms with Crippen LogP contribution in [0.15, 0.2) is 161 Å². The largest absolute Gasteiger partial charge is 0.497 e. The fourth-order valence-corrected chi connectivity index (χ4v) is 9.32. The minimum Gasteiger partial charge on any atom is -0.497 e. The molecular weight excluding hydrogens is 813 g/mol. The van der Waals surface area contributed by atoms with E-state index < -0.39 is 61.6 Å². The molecule has 1 fully saturated rings. The van der Waals surface area contributed by atoms with E-state index in [0.717, 1.165) is 27.8 Å². The van der Waals surface area contributed by atoms with Crippen LogP contribution >= 0.6 is 0 Å². The standard InChI is InChI=1S/C51H56N2O9Si/c1-50(2,3)63(6,7)62-47-42(33-45(55)61-46(35-17-11-8-12-18-35)36-19-13-9-14-20-36)48(53-32-31-44(54)52-49(53)56)60-43(47)34-59-51(37-21-15-10-16-22-37,38-23-27-40(57-4)28-24-38)39-25-29-41(58-5)30-26-39/h8-32,42-43,46-48H,33-34H2,1-7H3,(H,52,54,56)/t42-,43-,47+,48-/m1/s1. The van der Waals surface area contributed by atoms with Crippen molar-refractivity contribution < 1.29 is 32.9 Å². The molecular formula is C51H56N2O9Si.